The number of rotatable bonds is 4. The maximum Gasteiger partial charge on any atom is 0.255 e. The molecule has 0 fully saturated rings. The van der Waals surface area contributed by atoms with Gasteiger partial charge in [-0.2, -0.15) is 0 Å². The van der Waals surface area contributed by atoms with Crippen molar-refractivity contribution in [3.63, 3.8) is 0 Å². The smallest absolute Gasteiger partial charge is 0.255 e. The minimum Gasteiger partial charge on any atom is -0.322 e. The van der Waals surface area contributed by atoms with Gasteiger partial charge >= 0.3 is 0 Å². The third-order valence-corrected chi connectivity index (χ3v) is 5.30. The highest BCUT2D eigenvalue weighted by Crippen LogP contribution is 2.23. The van der Waals surface area contributed by atoms with Gasteiger partial charge in [-0.3, -0.25) is 4.79 Å². The molecule has 4 aromatic rings. The van der Waals surface area contributed by atoms with E-state index in [0.717, 1.165) is 21.9 Å². The van der Waals surface area contributed by atoms with Crippen LogP contribution >= 0.6 is 11.3 Å². The Balaban J connectivity index is 1.48. The van der Waals surface area contributed by atoms with E-state index in [-0.39, 0.29) is 5.91 Å². The second-order valence-electron chi connectivity index (χ2n) is 6.37. The molecule has 2 aromatic heterocycles. The van der Waals surface area contributed by atoms with Crippen molar-refractivity contribution in [2.75, 3.05) is 5.32 Å². The van der Waals surface area contributed by atoms with Crippen LogP contribution in [0.3, 0.4) is 0 Å². The number of anilines is 1. The molecule has 0 aliphatic rings. The number of nitrogens with one attached hydrogen (secondary N) is 1. The van der Waals surface area contributed by atoms with Gasteiger partial charge in [0.15, 0.2) is 0 Å². The van der Waals surface area contributed by atoms with Crippen LogP contribution in [-0.4, -0.2) is 15.5 Å². The van der Waals surface area contributed by atoms with Crippen LogP contribution in [0.5, 0.6) is 0 Å². The zero-order valence-corrected chi connectivity index (χ0v) is 16.0. The third-order valence-electron chi connectivity index (χ3n) is 4.48. The van der Waals surface area contributed by atoms with Crippen LogP contribution in [-0.2, 0) is 0 Å². The molecule has 4 nitrogen and oxygen atoms in total. The van der Waals surface area contributed by atoms with Crippen LogP contribution in [0.1, 0.15) is 21.7 Å². The molecule has 27 heavy (non-hydrogen) atoms. The van der Waals surface area contributed by atoms with Crippen LogP contribution in [0.4, 0.5) is 5.69 Å². The molecule has 0 bridgehead atoms. The van der Waals surface area contributed by atoms with Crippen molar-refractivity contribution < 1.29 is 4.79 Å². The Morgan fingerprint density at radius 2 is 1.59 bits per heavy atom. The fourth-order valence-corrected chi connectivity index (χ4v) is 3.75. The number of hydrogen-bond acceptors (Lipinski definition) is 3. The molecule has 0 saturated carbocycles. The molecule has 0 atom stereocenters. The predicted octanol–water partition coefficient (Wildman–Crippen LogP) is 5.47. The molecule has 134 valence electrons. The molecule has 0 aliphatic carbocycles. The molecule has 0 spiro atoms. The van der Waals surface area contributed by atoms with E-state index in [1.54, 1.807) is 17.5 Å². The summed E-state index contributed by atoms with van der Waals surface area (Å²) in [6.07, 6.45) is 1.79. The summed E-state index contributed by atoms with van der Waals surface area (Å²) in [7, 11) is 0. The van der Waals surface area contributed by atoms with E-state index >= 15 is 0 Å². The zero-order valence-electron chi connectivity index (χ0n) is 15.1. The number of carbonyl (C=O) groups excluding carboxylic acids is 1. The van der Waals surface area contributed by atoms with Gasteiger partial charge in [0, 0.05) is 45.5 Å². The predicted molar refractivity (Wildman–Crippen MR) is 111 cm³/mol. The van der Waals surface area contributed by atoms with Crippen molar-refractivity contribution >= 4 is 22.9 Å². The summed E-state index contributed by atoms with van der Waals surface area (Å²) in [5.74, 6) is -0.121. The first-order valence-corrected chi connectivity index (χ1v) is 9.56. The number of amides is 1. The maximum absolute atomic E-state index is 12.5. The number of thiazole rings is 1. The van der Waals surface area contributed by atoms with Crippen molar-refractivity contribution in [2.24, 2.45) is 0 Å². The van der Waals surface area contributed by atoms with Gasteiger partial charge in [0.25, 0.3) is 5.91 Å². The Morgan fingerprint density at radius 3 is 2.19 bits per heavy atom. The van der Waals surface area contributed by atoms with Crippen LogP contribution < -0.4 is 5.32 Å². The topological polar surface area (TPSA) is 46.9 Å². The first-order chi connectivity index (χ1) is 13.1. The average molecular weight is 373 g/mol. The highest BCUT2D eigenvalue weighted by atomic mass is 32.1. The van der Waals surface area contributed by atoms with Crippen molar-refractivity contribution in [1.82, 2.24) is 9.55 Å². The van der Waals surface area contributed by atoms with Crippen LogP contribution in [0.15, 0.2) is 72.2 Å². The summed E-state index contributed by atoms with van der Waals surface area (Å²) in [6, 6.07) is 19.6. The first-order valence-electron chi connectivity index (χ1n) is 8.68. The standard InChI is InChI=1S/C22H19N3OS/c1-15-3-4-16(2)25(15)20-11-7-17(8-12-20)21(26)24-19-9-5-18(6-10-19)22-23-13-14-27-22/h3-14H,1-2H3,(H,24,26). The van der Waals surface area contributed by atoms with Gasteiger partial charge in [-0.25, -0.2) is 4.98 Å². The molecular weight excluding hydrogens is 354 g/mol. The fourth-order valence-electron chi connectivity index (χ4n) is 3.10. The first kappa shape index (κ1) is 17.2. The van der Waals surface area contributed by atoms with E-state index in [2.05, 4.69) is 40.8 Å². The number of carbonyl (C=O) groups is 1. The Labute approximate surface area is 162 Å². The Hall–Kier alpha value is -3.18. The van der Waals surface area contributed by atoms with Crippen molar-refractivity contribution in [3.05, 3.63) is 89.2 Å². The Morgan fingerprint density at radius 1 is 0.926 bits per heavy atom. The Bertz CT molecular complexity index is 1040. The quantitative estimate of drug-likeness (QED) is 0.515. The summed E-state index contributed by atoms with van der Waals surface area (Å²) in [4.78, 5) is 16.8. The third kappa shape index (κ3) is 3.55. The summed E-state index contributed by atoms with van der Waals surface area (Å²) in [6.45, 7) is 4.14. The Kier molecular flexibility index (Phi) is 4.60. The second-order valence-corrected chi connectivity index (χ2v) is 7.26. The van der Waals surface area contributed by atoms with E-state index < -0.39 is 0 Å². The second kappa shape index (κ2) is 7.21. The monoisotopic (exact) mass is 373 g/mol. The molecule has 2 aromatic carbocycles. The van der Waals surface area contributed by atoms with Crippen molar-refractivity contribution in [1.29, 1.82) is 0 Å². The normalized spacial score (nSPS) is 10.7. The van der Waals surface area contributed by atoms with E-state index in [1.165, 1.54) is 11.4 Å². The number of aromatic nitrogens is 2. The highest BCUT2D eigenvalue weighted by molar-refractivity contribution is 7.13. The molecule has 0 saturated heterocycles. The summed E-state index contributed by atoms with van der Waals surface area (Å²) < 4.78 is 2.17. The highest BCUT2D eigenvalue weighted by Gasteiger charge is 2.09. The van der Waals surface area contributed by atoms with E-state index in [4.69, 9.17) is 0 Å². The van der Waals surface area contributed by atoms with Gasteiger partial charge < -0.3 is 9.88 Å². The molecule has 1 amide bonds. The van der Waals surface area contributed by atoms with Crippen molar-refractivity contribution in [3.8, 4) is 16.3 Å². The molecular formula is C22H19N3OS. The van der Waals surface area contributed by atoms with Gasteiger partial charge in [0.2, 0.25) is 0 Å². The van der Waals surface area contributed by atoms with Gasteiger partial charge in [-0.05, 0) is 74.5 Å². The molecule has 0 radical (unpaired) electrons. The summed E-state index contributed by atoms with van der Waals surface area (Å²) >= 11 is 1.59. The average Bonchev–Trinajstić information content (AvgIpc) is 3.33. The molecule has 5 heteroatoms. The van der Waals surface area contributed by atoms with Crippen molar-refractivity contribution in [2.45, 2.75) is 13.8 Å². The molecule has 1 N–H and O–H groups in total. The van der Waals surface area contributed by atoms with Gasteiger partial charge in [-0.1, -0.05) is 0 Å². The van der Waals surface area contributed by atoms with Crippen LogP contribution in [0.2, 0.25) is 0 Å². The van der Waals surface area contributed by atoms with Crippen LogP contribution in [0.25, 0.3) is 16.3 Å². The lowest BCUT2D eigenvalue weighted by Gasteiger charge is -2.11. The minimum absolute atomic E-state index is 0.121. The summed E-state index contributed by atoms with van der Waals surface area (Å²) in [5.41, 5.74) is 5.84. The zero-order chi connectivity index (χ0) is 18.8. The molecule has 0 aliphatic heterocycles. The van der Waals surface area contributed by atoms with Gasteiger partial charge in [0.1, 0.15) is 5.01 Å². The van der Waals surface area contributed by atoms with Gasteiger partial charge in [-0.15, -0.1) is 11.3 Å². The lowest BCUT2D eigenvalue weighted by molar-refractivity contribution is 0.102. The minimum atomic E-state index is -0.121. The fraction of sp³-hybridized carbons (Fsp3) is 0.0909. The van der Waals surface area contributed by atoms with Crippen LogP contribution in [0, 0.1) is 13.8 Å². The van der Waals surface area contributed by atoms with E-state index in [9.17, 15) is 4.79 Å². The number of benzene rings is 2. The summed E-state index contributed by atoms with van der Waals surface area (Å²) in [5, 5.41) is 5.87. The molecule has 0 unspecified atom stereocenters. The molecule has 4 rings (SSSR count). The number of nitrogens with zero attached hydrogens (tertiary/aromatic N) is 2. The lowest BCUT2D eigenvalue weighted by atomic mass is 10.1. The number of aryl methyl sites for hydroxylation is 2. The number of hydrogen-bond donors (Lipinski definition) is 1. The SMILES string of the molecule is Cc1ccc(C)n1-c1ccc(C(=O)Nc2ccc(-c3nccs3)cc2)cc1. The maximum atomic E-state index is 12.5. The lowest BCUT2D eigenvalue weighted by Crippen LogP contribution is -2.12. The molecule has 2 heterocycles. The van der Waals surface area contributed by atoms with E-state index in [1.807, 2.05) is 53.9 Å². The van der Waals surface area contributed by atoms with E-state index in [0.29, 0.717) is 5.56 Å². The van der Waals surface area contributed by atoms with Gasteiger partial charge in [0.05, 0.1) is 0 Å². The largest absolute Gasteiger partial charge is 0.322 e.